The van der Waals surface area contributed by atoms with Crippen molar-refractivity contribution in [2.24, 2.45) is 0 Å². The molecule has 0 atom stereocenters. The topological polar surface area (TPSA) is 64.4 Å². The van der Waals surface area contributed by atoms with Gasteiger partial charge in [-0.05, 0) is 18.6 Å². The molecule has 1 N–H and O–H groups in total. The van der Waals surface area contributed by atoms with Crippen molar-refractivity contribution in [1.29, 1.82) is 0 Å². The number of nitro groups is 1. The highest BCUT2D eigenvalue weighted by Crippen LogP contribution is 2.34. The molecule has 0 aliphatic heterocycles. The Morgan fingerprint density at radius 3 is 2.94 bits per heavy atom. The molecule has 0 fully saturated rings. The van der Waals surface area contributed by atoms with Crippen LogP contribution < -0.4 is 10.1 Å². The summed E-state index contributed by atoms with van der Waals surface area (Å²) in [5.74, 6) is 2.47. The second-order valence-electron chi connectivity index (χ2n) is 3.33. The van der Waals surface area contributed by atoms with Crippen LogP contribution in [0.1, 0.15) is 13.3 Å². The first-order valence-corrected chi connectivity index (χ1v) is 5.28. The lowest BCUT2D eigenvalue weighted by molar-refractivity contribution is -0.384. The van der Waals surface area contributed by atoms with Crippen LogP contribution in [0, 0.1) is 22.5 Å². The summed E-state index contributed by atoms with van der Waals surface area (Å²) in [4.78, 5) is 10.5. The van der Waals surface area contributed by atoms with Crippen molar-refractivity contribution < 1.29 is 9.66 Å². The SMILES string of the molecule is C#CCOc1cccc(NCCC)c1[N+](=O)[O-]. The number of anilines is 1. The molecule has 0 aliphatic carbocycles. The molecular formula is C12H14N2O3. The number of hydrogen-bond donors (Lipinski definition) is 1. The van der Waals surface area contributed by atoms with Gasteiger partial charge in [0.2, 0.25) is 0 Å². The summed E-state index contributed by atoms with van der Waals surface area (Å²) in [6, 6.07) is 4.87. The van der Waals surface area contributed by atoms with Crippen molar-refractivity contribution in [1.82, 2.24) is 0 Å². The summed E-state index contributed by atoms with van der Waals surface area (Å²) in [5, 5.41) is 14.0. The van der Waals surface area contributed by atoms with Gasteiger partial charge in [-0.25, -0.2) is 0 Å². The van der Waals surface area contributed by atoms with E-state index in [0.29, 0.717) is 12.2 Å². The van der Waals surface area contributed by atoms with Gasteiger partial charge in [0, 0.05) is 6.54 Å². The zero-order chi connectivity index (χ0) is 12.7. The van der Waals surface area contributed by atoms with Gasteiger partial charge in [0.15, 0.2) is 5.75 Å². The van der Waals surface area contributed by atoms with E-state index in [1.54, 1.807) is 12.1 Å². The molecule has 0 saturated heterocycles. The second-order valence-corrected chi connectivity index (χ2v) is 3.33. The Morgan fingerprint density at radius 2 is 2.35 bits per heavy atom. The number of terminal acetylenes is 1. The third-order valence-electron chi connectivity index (χ3n) is 2.06. The molecule has 5 heteroatoms. The van der Waals surface area contributed by atoms with Crippen molar-refractivity contribution in [2.75, 3.05) is 18.5 Å². The van der Waals surface area contributed by atoms with Gasteiger partial charge in [-0.2, -0.15) is 0 Å². The summed E-state index contributed by atoms with van der Waals surface area (Å²) >= 11 is 0. The van der Waals surface area contributed by atoms with E-state index in [0.717, 1.165) is 6.42 Å². The predicted octanol–water partition coefficient (Wildman–Crippen LogP) is 2.43. The van der Waals surface area contributed by atoms with Crippen LogP contribution in [0.15, 0.2) is 18.2 Å². The van der Waals surface area contributed by atoms with Gasteiger partial charge in [0.25, 0.3) is 0 Å². The Balaban J connectivity index is 3.04. The van der Waals surface area contributed by atoms with Gasteiger partial charge < -0.3 is 10.1 Å². The lowest BCUT2D eigenvalue weighted by Gasteiger charge is -2.09. The fourth-order valence-electron chi connectivity index (χ4n) is 1.35. The van der Waals surface area contributed by atoms with E-state index in [1.807, 2.05) is 6.92 Å². The number of nitrogens with one attached hydrogen (secondary N) is 1. The van der Waals surface area contributed by atoms with Crippen LogP contribution in [0.25, 0.3) is 0 Å². The first kappa shape index (κ1) is 12.8. The highest BCUT2D eigenvalue weighted by atomic mass is 16.6. The molecule has 90 valence electrons. The maximum atomic E-state index is 11.0. The largest absolute Gasteiger partial charge is 0.474 e. The molecule has 0 heterocycles. The van der Waals surface area contributed by atoms with Crippen LogP contribution in [0.2, 0.25) is 0 Å². The monoisotopic (exact) mass is 234 g/mol. The predicted molar refractivity (Wildman–Crippen MR) is 66.2 cm³/mol. The zero-order valence-electron chi connectivity index (χ0n) is 9.60. The Hall–Kier alpha value is -2.22. The molecule has 0 unspecified atom stereocenters. The molecule has 1 aromatic carbocycles. The minimum Gasteiger partial charge on any atom is -0.474 e. The number of rotatable bonds is 6. The molecule has 0 saturated carbocycles. The first-order chi connectivity index (χ1) is 8.20. The third kappa shape index (κ3) is 3.38. The maximum absolute atomic E-state index is 11.0. The summed E-state index contributed by atoms with van der Waals surface area (Å²) in [6.45, 7) is 2.66. The summed E-state index contributed by atoms with van der Waals surface area (Å²) in [6.07, 6.45) is 5.94. The minimum absolute atomic E-state index is 0.0120. The zero-order valence-corrected chi connectivity index (χ0v) is 9.60. The van der Waals surface area contributed by atoms with Crippen molar-refractivity contribution in [2.45, 2.75) is 13.3 Å². The van der Waals surface area contributed by atoms with Crippen LogP contribution in [0.3, 0.4) is 0 Å². The maximum Gasteiger partial charge on any atom is 0.333 e. The molecule has 17 heavy (non-hydrogen) atoms. The highest BCUT2D eigenvalue weighted by Gasteiger charge is 2.20. The van der Waals surface area contributed by atoms with Crippen LogP contribution >= 0.6 is 0 Å². The minimum atomic E-state index is -0.468. The Labute approximate surface area is 99.9 Å². The number of nitrogens with zero attached hydrogens (tertiary/aromatic N) is 1. The Bertz CT molecular complexity index is 438. The summed E-state index contributed by atoms with van der Waals surface area (Å²) in [5.41, 5.74) is 0.377. The van der Waals surface area contributed by atoms with Gasteiger partial charge in [-0.1, -0.05) is 18.9 Å². The van der Waals surface area contributed by atoms with E-state index < -0.39 is 4.92 Å². The lowest BCUT2D eigenvalue weighted by atomic mass is 10.2. The third-order valence-corrected chi connectivity index (χ3v) is 2.06. The van der Waals surface area contributed by atoms with Gasteiger partial charge in [-0.15, -0.1) is 6.42 Å². The molecule has 0 spiro atoms. The van der Waals surface area contributed by atoms with E-state index >= 15 is 0 Å². The van der Waals surface area contributed by atoms with Crippen LogP contribution in [0.4, 0.5) is 11.4 Å². The van der Waals surface area contributed by atoms with Crippen molar-refractivity contribution in [3.05, 3.63) is 28.3 Å². The number of hydrogen-bond acceptors (Lipinski definition) is 4. The van der Waals surface area contributed by atoms with Crippen LogP contribution in [-0.2, 0) is 0 Å². The fraction of sp³-hybridized carbons (Fsp3) is 0.333. The van der Waals surface area contributed by atoms with Crippen molar-refractivity contribution in [3.63, 3.8) is 0 Å². The van der Waals surface area contributed by atoms with E-state index in [2.05, 4.69) is 11.2 Å². The Kier molecular flexibility index (Phi) is 4.82. The Morgan fingerprint density at radius 1 is 1.59 bits per heavy atom. The summed E-state index contributed by atoms with van der Waals surface area (Å²) < 4.78 is 5.15. The van der Waals surface area contributed by atoms with Crippen LogP contribution in [0.5, 0.6) is 5.75 Å². The summed E-state index contributed by atoms with van der Waals surface area (Å²) in [7, 11) is 0. The molecule has 0 aliphatic rings. The first-order valence-electron chi connectivity index (χ1n) is 5.28. The number of nitro benzene ring substituents is 1. The molecule has 1 aromatic rings. The van der Waals surface area contributed by atoms with Crippen LogP contribution in [-0.4, -0.2) is 18.1 Å². The number of para-hydroxylation sites is 1. The van der Waals surface area contributed by atoms with Crippen molar-refractivity contribution in [3.8, 4) is 18.1 Å². The second kappa shape index (κ2) is 6.38. The molecule has 0 bridgehead atoms. The number of ether oxygens (including phenoxy) is 1. The smallest absolute Gasteiger partial charge is 0.333 e. The molecule has 5 nitrogen and oxygen atoms in total. The van der Waals surface area contributed by atoms with Gasteiger partial charge in [0.05, 0.1) is 4.92 Å². The average Bonchev–Trinajstić information content (AvgIpc) is 2.33. The van der Waals surface area contributed by atoms with E-state index in [1.165, 1.54) is 6.07 Å². The quantitative estimate of drug-likeness (QED) is 0.466. The molecule has 0 radical (unpaired) electrons. The van der Waals surface area contributed by atoms with E-state index in [-0.39, 0.29) is 18.0 Å². The molecule has 0 aromatic heterocycles. The lowest BCUT2D eigenvalue weighted by Crippen LogP contribution is -2.05. The van der Waals surface area contributed by atoms with Crippen molar-refractivity contribution >= 4 is 11.4 Å². The van der Waals surface area contributed by atoms with Gasteiger partial charge >= 0.3 is 5.69 Å². The fourth-order valence-corrected chi connectivity index (χ4v) is 1.35. The van der Waals surface area contributed by atoms with Gasteiger partial charge in [-0.3, -0.25) is 10.1 Å². The standard InChI is InChI=1S/C12H14N2O3/c1-3-8-13-10-6-5-7-11(17-9-4-2)12(10)14(15)16/h2,5-7,13H,3,8-9H2,1H3. The van der Waals surface area contributed by atoms with E-state index in [4.69, 9.17) is 11.2 Å². The normalized spacial score (nSPS) is 9.41. The van der Waals surface area contributed by atoms with E-state index in [9.17, 15) is 10.1 Å². The molecular weight excluding hydrogens is 220 g/mol. The molecule has 1 rings (SSSR count). The molecule has 0 amide bonds. The highest BCUT2D eigenvalue weighted by molar-refractivity contribution is 5.68. The van der Waals surface area contributed by atoms with Gasteiger partial charge in [0.1, 0.15) is 12.3 Å². The average molecular weight is 234 g/mol. The number of benzene rings is 1.